The first-order chi connectivity index (χ1) is 5.27. The molecule has 66 valence electrons. The monoisotopic (exact) mass is 178 g/mol. The van der Waals surface area contributed by atoms with Gasteiger partial charge in [-0.1, -0.05) is 45.4 Å². The zero-order valence-corrected chi connectivity index (χ0v) is 8.44. The zero-order valence-electron chi connectivity index (χ0n) is 7.28. The quantitative estimate of drug-likeness (QED) is 0.411. The molecular formula is C8H17AlF2. The summed E-state index contributed by atoms with van der Waals surface area (Å²) in [7, 11) is 0. The normalized spacial score (nSPS) is 10.1. The van der Waals surface area contributed by atoms with E-state index in [9.17, 15) is 7.05 Å². The van der Waals surface area contributed by atoms with Gasteiger partial charge in [0.1, 0.15) is 0 Å². The van der Waals surface area contributed by atoms with Crippen LogP contribution < -0.4 is 0 Å². The van der Waals surface area contributed by atoms with Crippen molar-refractivity contribution in [2.24, 2.45) is 0 Å². The van der Waals surface area contributed by atoms with E-state index in [0.717, 1.165) is 19.3 Å². The molecule has 3 heteroatoms. The largest absolute Gasteiger partial charge is 0.757 e. The van der Waals surface area contributed by atoms with Gasteiger partial charge in [0.15, 0.2) is 0 Å². The van der Waals surface area contributed by atoms with Crippen LogP contribution in [0, 0.1) is 0 Å². The van der Waals surface area contributed by atoms with Crippen LogP contribution in [0.15, 0.2) is 0 Å². The van der Waals surface area contributed by atoms with E-state index in [1.807, 2.05) is 0 Å². The minimum atomic E-state index is -3.23. The first-order valence-corrected chi connectivity index (χ1v) is 6.24. The summed E-state index contributed by atoms with van der Waals surface area (Å²) < 4.78 is 23.5. The summed E-state index contributed by atoms with van der Waals surface area (Å²) in [4.78, 5) is 0. The molecule has 0 heterocycles. The van der Waals surface area contributed by atoms with E-state index >= 15 is 0 Å². The van der Waals surface area contributed by atoms with Crippen molar-refractivity contribution in [1.29, 1.82) is 0 Å². The second kappa shape index (κ2) is 8.49. The molecule has 0 atom stereocenters. The molecule has 0 saturated heterocycles. The van der Waals surface area contributed by atoms with E-state index in [-0.39, 0.29) is 5.28 Å². The molecule has 0 rings (SSSR count). The zero-order chi connectivity index (χ0) is 8.53. The Morgan fingerprint density at radius 3 is 2.00 bits per heavy atom. The number of hydrogen-bond donors (Lipinski definition) is 0. The fourth-order valence-corrected chi connectivity index (χ4v) is 1.68. The fraction of sp³-hybridized carbons (Fsp3) is 1.00. The van der Waals surface area contributed by atoms with Crippen molar-refractivity contribution < 1.29 is 7.05 Å². The highest BCUT2D eigenvalue weighted by atomic mass is 27.3. The second-order valence-corrected chi connectivity index (χ2v) is 4.31. The van der Waals surface area contributed by atoms with Crippen LogP contribution in [-0.4, -0.2) is 15.1 Å². The van der Waals surface area contributed by atoms with Crippen molar-refractivity contribution in [2.45, 2.75) is 50.7 Å². The summed E-state index contributed by atoms with van der Waals surface area (Å²) in [5.74, 6) is 0. The Hall–Kier alpha value is 0.392. The van der Waals surface area contributed by atoms with Crippen LogP contribution in [-0.2, 0) is 0 Å². The van der Waals surface area contributed by atoms with Crippen molar-refractivity contribution in [3.05, 3.63) is 0 Å². The van der Waals surface area contributed by atoms with Crippen molar-refractivity contribution in [3.63, 3.8) is 0 Å². The van der Waals surface area contributed by atoms with Gasteiger partial charge in [0.2, 0.25) is 0 Å². The maximum Gasteiger partial charge on any atom is 0.757 e. The SMILES string of the molecule is CCCCCCC[CH2][Al]([F])[F]. The van der Waals surface area contributed by atoms with Gasteiger partial charge >= 0.3 is 15.1 Å². The summed E-state index contributed by atoms with van der Waals surface area (Å²) in [5, 5.41) is 0.228. The van der Waals surface area contributed by atoms with Gasteiger partial charge in [-0.3, -0.25) is 0 Å². The van der Waals surface area contributed by atoms with E-state index in [1.54, 1.807) is 0 Å². The van der Waals surface area contributed by atoms with E-state index in [1.165, 1.54) is 19.3 Å². The van der Waals surface area contributed by atoms with E-state index in [4.69, 9.17) is 0 Å². The molecule has 0 aliphatic heterocycles. The number of unbranched alkanes of at least 4 members (excludes halogenated alkanes) is 5. The van der Waals surface area contributed by atoms with E-state index in [2.05, 4.69) is 6.92 Å². The smallest absolute Gasteiger partial charge is 0.374 e. The van der Waals surface area contributed by atoms with Crippen LogP contribution in [0.25, 0.3) is 0 Å². The third-order valence-electron chi connectivity index (χ3n) is 1.78. The molecule has 0 aromatic carbocycles. The van der Waals surface area contributed by atoms with E-state index in [0.29, 0.717) is 0 Å². The molecule has 0 aromatic heterocycles. The minimum Gasteiger partial charge on any atom is -0.374 e. The Morgan fingerprint density at radius 2 is 1.45 bits per heavy atom. The molecule has 0 aromatic rings. The van der Waals surface area contributed by atoms with Crippen LogP contribution in [0.1, 0.15) is 45.4 Å². The lowest BCUT2D eigenvalue weighted by atomic mass is 10.1. The van der Waals surface area contributed by atoms with Gasteiger partial charge in [0, 0.05) is 0 Å². The Bertz CT molecular complexity index is 76.5. The average Bonchev–Trinajstić information content (AvgIpc) is 1.96. The summed E-state index contributed by atoms with van der Waals surface area (Å²) >= 11 is -3.23. The van der Waals surface area contributed by atoms with Gasteiger partial charge in [-0.05, 0) is 5.28 Å². The predicted octanol–water partition coefficient (Wildman–Crippen LogP) is 3.77. The topological polar surface area (TPSA) is 0 Å². The fourth-order valence-electron chi connectivity index (χ4n) is 1.08. The van der Waals surface area contributed by atoms with Gasteiger partial charge in [-0.2, -0.15) is 0 Å². The molecule has 0 nitrogen and oxygen atoms in total. The van der Waals surface area contributed by atoms with Gasteiger partial charge in [-0.25, -0.2) is 0 Å². The molecule has 0 bridgehead atoms. The summed E-state index contributed by atoms with van der Waals surface area (Å²) in [5.41, 5.74) is 0. The lowest BCUT2D eigenvalue weighted by Crippen LogP contribution is -1.94. The van der Waals surface area contributed by atoms with Crippen LogP contribution in [0.5, 0.6) is 0 Å². The van der Waals surface area contributed by atoms with Gasteiger partial charge < -0.3 is 7.05 Å². The van der Waals surface area contributed by atoms with Crippen LogP contribution >= 0.6 is 0 Å². The van der Waals surface area contributed by atoms with Crippen molar-refractivity contribution >= 4 is 15.1 Å². The highest BCUT2D eigenvalue weighted by molar-refractivity contribution is 6.42. The molecular weight excluding hydrogens is 161 g/mol. The van der Waals surface area contributed by atoms with Crippen molar-refractivity contribution in [2.75, 3.05) is 0 Å². The molecule has 0 unspecified atom stereocenters. The molecule has 0 fully saturated rings. The molecule has 0 spiro atoms. The Labute approximate surface area is 73.3 Å². The first-order valence-electron chi connectivity index (χ1n) is 4.55. The van der Waals surface area contributed by atoms with Crippen molar-refractivity contribution in [1.82, 2.24) is 0 Å². The predicted molar refractivity (Wildman–Crippen MR) is 46.2 cm³/mol. The average molecular weight is 178 g/mol. The number of rotatable bonds is 7. The molecule has 11 heavy (non-hydrogen) atoms. The summed E-state index contributed by atoms with van der Waals surface area (Å²) in [6.07, 6.45) is 6.62. The molecule has 0 saturated carbocycles. The van der Waals surface area contributed by atoms with Gasteiger partial charge in [0.25, 0.3) is 0 Å². The molecule has 0 N–H and O–H groups in total. The number of hydrogen-bond acceptors (Lipinski definition) is 0. The first kappa shape index (κ1) is 11.4. The molecule has 0 amide bonds. The molecule has 0 radical (unpaired) electrons. The van der Waals surface area contributed by atoms with Crippen LogP contribution in [0.3, 0.4) is 0 Å². The molecule has 0 aliphatic carbocycles. The van der Waals surface area contributed by atoms with Crippen molar-refractivity contribution in [3.8, 4) is 0 Å². The Balaban J connectivity index is 2.80. The standard InChI is InChI=1S/C8H17.Al.2FH/c1-3-5-7-8-6-4-2;;;/h1,3-8H2,2H3;;2*1H/q;+2;;/p-2. The third kappa shape index (κ3) is 10.4. The Kier molecular flexibility index (Phi) is 8.79. The highest BCUT2D eigenvalue weighted by Gasteiger charge is 2.18. The minimum absolute atomic E-state index is 0.228. The third-order valence-corrected chi connectivity index (χ3v) is 2.62. The highest BCUT2D eigenvalue weighted by Crippen LogP contribution is 2.09. The van der Waals surface area contributed by atoms with Crippen LogP contribution in [0.2, 0.25) is 5.28 Å². The van der Waals surface area contributed by atoms with Gasteiger partial charge in [-0.15, -0.1) is 0 Å². The summed E-state index contributed by atoms with van der Waals surface area (Å²) in [6, 6.07) is 0. The summed E-state index contributed by atoms with van der Waals surface area (Å²) in [6.45, 7) is 2.16. The maximum atomic E-state index is 11.7. The van der Waals surface area contributed by atoms with E-state index < -0.39 is 15.1 Å². The Morgan fingerprint density at radius 1 is 0.909 bits per heavy atom. The van der Waals surface area contributed by atoms with Gasteiger partial charge in [0.05, 0.1) is 0 Å². The second-order valence-electron chi connectivity index (χ2n) is 2.95. The molecule has 0 aliphatic rings. The number of halogens is 2. The lowest BCUT2D eigenvalue weighted by molar-refractivity contribution is 0.596. The maximum absolute atomic E-state index is 11.7. The van der Waals surface area contributed by atoms with Crippen LogP contribution in [0.4, 0.5) is 7.05 Å². The lowest BCUT2D eigenvalue weighted by Gasteiger charge is -1.97.